The molecule has 0 unspecified atom stereocenters. The Bertz CT molecular complexity index is 1380. The summed E-state index contributed by atoms with van der Waals surface area (Å²) in [5, 5.41) is 7.88. The van der Waals surface area contributed by atoms with Gasteiger partial charge < -0.3 is 20.7 Å². The molecule has 2 aromatic heterocycles. The van der Waals surface area contributed by atoms with E-state index in [-0.39, 0.29) is 49.8 Å². The first-order valence-corrected chi connectivity index (χ1v) is 11.8. The van der Waals surface area contributed by atoms with Crippen molar-refractivity contribution in [1.82, 2.24) is 15.3 Å². The lowest BCUT2D eigenvalue weighted by atomic mass is 9.80. The molecule has 0 radical (unpaired) electrons. The lowest BCUT2D eigenvalue weighted by molar-refractivity contribution is -0.137. The highest BCUT2D eigenvalue weighted by Crippen LogP contribution is 2.37. The van der Waals surface area contributed by atoms with Crippen LogP contribution in [0.1, 0.15) is 34.5 Å². The third-order valence-corrected chi connectivity index (χ3v) is 6.33. The van der Waals surface area contributed by atoms with Gasteiger partial charge in [-0.2, -0.15) is 13.2 Å². The van der Waals surface area contributed by atoms with E-state index in [2.05, 4.69) is 25.9 Å². The minimum Gasteiger partial charge on any atom is -0.387 e. The Morgan fingerprint density at radius 2 is 1.87 bits per heavy atom. The first kappa shape index (κ1) is 27.9. The molecule has 0 spiro atoms. The predicted octanol–water partition coefficient (Wildman–Crippen LogP) is 4.85. The summed E-state index contributed by atoms with van der Waals surface area (Å²) in [7, 11) is 1.68. The van der Waals surface area contributed by atoms with Crippen molar-refractivity contribution in [2.75, 3.05) is 30.9 Å². The van der Waals surface area contributed by atoms with Crippen LogP contribution < -0.4 is 16.0 Å². The van der Waals surface area contributed by atoms with E-state index in [0.717, 1.165) is 24.4 Å². The van der Waals surface area contributed by atoms with Crippen molar-refractivity contribution in [1.29, 1.82) is 0 Å². The van der Waals surface area contributed by atoms with Crippen LogP contribution in [0, 0.1) is 17.0 Å². The number of nitrogens with one attached hydrogen (secondary N) is 3. The lowest BCUT2D eigenvalue weighted by Gasteiger charge is -2.25. The summed E-state index contributed by atoms with van der Waals surface area (Å²) in [6, 6.07) is 4.59. The Kier molecular flexibility index (Phi) is 8.09. The Morgan fingerprint density at radius 1 is 1.08 bits per heavy atom. The molecule has 4 rings (SSSR count). The second-order valence-electron chi connectivity index (χ2n) is 9.04. The third-order valence-electron chi connectivity index (χ3n) is 6.33. The number of rotatable bonds is 9. The molecule has 1 atom stereocenters. The number of hydrogen-bond acceptors (Lipinski definition) is 7. The molecule has 3 N–H and O–H groups in total. The van der Waals surface area contributed by atoms with E-state index < -0.39 is 40.4 Å². The van der Waals surface area contributed by atoms with E-state index in [1.165, 1.54) is 6.20 Å². The van der Waals surface area contributed by atoms with E-state index >= 15 is 0 Å². The molecule has 3 aromatic rings. The van der Waals surface area contributed by atoms with Gasteiger partial charge in [-0.15, -0.1) is 0 Å². The summed E-state index contributed by atoms with van der Waals surface area (Å²) in [6.07, 6.45) is -0.659. The first-order chi connectivity index (χ1) is 18.5. The average molecular weight is 550 g/mol. The lowest BCUT2D eigenvalue weighted by Crippen LogP contribution is -2.43. The van der Waals surface area contributed by atoms with Crippen molar-refractivity contribution in [3.8, 4) is 0 Å². The molecular weight excluding hydrogens is 525 g/mol. The summed E-state index contributed by atoms with van der Waals surface area (Å²) in [6.45, 7) is -0.0600. The predicted molar refractivity (Wildman–Crippen MR) is 131 cm³/mol. The topological polar surface area (TPSA) is 105 Å². The molecule has 0 aliphatic carbocycles. The Morgan fingerprint density at radius 3 is 2.54 bits per heavy atom. The first-order valence-electron chi connectivity index (χ1n) is 11.8. The van der Waals surface area contributed by atoms with Gasteiger partial charge in [0.25, 0.3) is 0 Å². The Balaban J connectivity index is 1.44. The van der Waals surface area contributed by atoms with Crippen LogP contribution in [0.3, 0.4) is 0 Å². The molecule has 1 aliphatic rings. The van der Waals surface area contributed by atoms with Crippen molar-refractivity contribution >= 4 is 28.8 Å². The number of amides is 1. The number of ether oxygens (including phenoxy) is 1. The molecule has 1 aromatic carbocycles. The number of anilines is 3. The summed E-state index contributed by atoms with van der Waals surface area (Å²) in [4.78, 5) is 34.0. The van der Waals surface area contributed by atoms with Crippen molar-refractivity contribution in [2.24, 2.45) is 5.41 Å². The zero-order valence-corrected chi connectivity index (χ0v) is 20.7. The van der Waals surface area contributed by atoms with E-state index in [4.69, 9.17) is 4.74 Å². The number of Topliss-reactive ketones (excluding diaryl/α,β-unsaturated/α-hetero) is 1. The third kappa shape index (κ3) is 6.48. The van der Waals surface area contributed by atoms with Crippen LogP contribution in [0.15, 0.2) is 48.9 Å². The number of carbonyl (C=O) groups excluding carboxylic acids is 2. The van der Waals surface area contributed by atoms with Crippen molar-refractivity contribution in [2.45, 2.75) is 25.6 Å². The van der Waals surface area contributed by atoms with Crippen LogP contribution in [0.5, 0.6) is 0 Å². The maximum absolute atomic E-state index is 14.7. The highest BCUT2D eigenvalue weighted by Gasteiger charge is 2.44. The van der Waals surface area contributed by atoms with Crippen LogP contribution in [-0.4, -0.2) is 41.9 Å². The molecule has 13 heteroatoms. The summed E-state index contributed by atoms with van der Waals surface area (Å²) >= 11 is 0. The highest BCUT2D eigenvalue weighted by atomic mass is 19.4. The van der Waals surface area contributed by atoms with Gasteiger partial charge in [-0.25, -0.2) is 8.78 Å². The van der Waals surface area contributed by atoms with Gasteiger partial charge in [-0.3, -0.25) is 19.6 Å². The number of carbonyl (C=O) groups is 2. The maximum Gasteiger partial charge on any atom is 0.418 e. The van der Waals surface area contributed by atoms with Crippen LogP contribution in [0.25, 0.3) is 0 Å². The number of hydrogen-bond donors (Lipinski definition) is 3. The molecule has 3 heterocycles. The van der Waals surface area contributed by atoms with Gasteiger partial charge in [-0.1, -0.05) is 0 Å². The standard InChI is InChI=1S/C26H24F5N5O3/c1-32-17-6-15(10-33-11-17)23(37)9-25(4-5-39-14-25)24(38)35-13-22-20(28)8-18(12-34-22)36-21-3-2-16(27)7-19(21)26(29,30)31/h2-3,6-8,10-12,32,36H,4-5,9,13-14H2,1H3,(H,35,38)/t25-/m0/s1. The number of aromatic nitrogens is 2. The molecule has 1 amide bonds. The van der Waals surface area contributed by atoms with Gasteiger partial charge in [0.1, 0.15) is 11.6 Å². The Labute approximate surface area is 220 Å². The fourth-order valence-corrected chi connectivity index (χ4v) is 4.18. The number of benzene rings is 1. The minimum absolute atomic E-state index is 0.00168. The summed E-state index contributed by atoms with van der Waals surface area (Å²) in [5.74, 6) is -2.79. The molecule has 1 fully saturated rings. The second-order valence-corrected chi connectivity index (χ2v) is 9.04. The van der Waals surface area contributed by atoms with E-state index in [1.54, 1.807) is 19.3 Å². The largest absolute Gasteiger partial charge is 0.418 e. The summed E-state index contributed by atoms with van der Waals surface area (Å²) < 4.78 is 73.2. The van der Waals surface area contributed by atoms with Gasteiger partial charge in [0, 0.05) is 44.1 Å². The quantitative estimate of drug-likeness (QED) is 0.259. The van der Waals surface area contributed by atoms with E-state index in [1.807, 2.05) is 0 Å². The number of halogens is 5. The van der Waals surface area contributed by atoms with Crippen molar-refractivity contribution in [3.63, 3.8) is 0 Å². The van der Waals surface area contributed by atoms with Gasteiger partial charge in [0.2, 0.25) is 5.91 Å². The van der Waals surface area contributed by atoms with Crippen molar-refractivity contribution < 1.29 is 36.3 Å². The Hall–Kier alpha value is -4.13. The number of pyridine rings is 2. The minimum atomic E-state index is -4.84. The van der Waals surface area contributed by atoms with Gasteiger partial charge in [0.15, 0.2) is 5.78 Å². The zero-order chi connectivity index (χ0) is 28.2. The summed E-state index contributed by atoms with van der Waals surface area (Å²) in [5.41, 5.74) is -2.22. The molecule has 39 heavy (non-hydrogen) atoms. The van der Waals surface area contributed by atoms with Crippen LogP contribution in [0.4, 0.5) is 39.0 Å². The smallest absolute Gasteiger partial charge is 0.387 e. The monoisotopic (exact) mass is 549 g/mol. The second kappa shape index (κ2) is 11.3. The molecule has 0 bridgehead atoms. The van der Waals surface area contributed by atoms with E-state index in [9.17, 15) is 31.5 Å². The molecule has 8 nitrogen and oxygen atoms in total. The van der Waals surface area contributed by atoms with Crippen LogP contribution in [-0.2, 0) is 22.3 Å². The fourth-order valence-electron chi connectivity index (χ4n) is 4.18. The molecule has 1 aliphatic heterocycles. The number of alkyl halides is 3. The van der Waals surface area contributed by atoms with Gasteiger partial charge in [-0.05, 0) is 30.7 Å². The molecule has 1 saturated heterocycles. The molecule has 206 valence electrons. The van der Waals surface area contributed by atoms with Crippen LogP contribution >= 0.6 is 0 Å². The average Bonchev–Trinajstić information content (AvgIpc) is 3.38. The van der Waals surface area contributed by atoms with Gasteiger partial charge >= 0.3 is 6.18 Å². The molecular formula is C26H24F5N5O3. The van der Waals surface area contributed by atoms with E-state index in [0.29, 0.717) is 17.3 Å². The SMILES string of the molecule is CNc1cncc(C(=O)C[C@@]2(C(=O)NCc3ncc(Nc4ccc(F)cc4C(F)(F)F)cc3F)CCOC2)c1. The van der Waals surface area contributed by atoms with Crippen LogP contribution in [0.2, 0.25) is 0 Å². The zero-order valence-electron chi connectivity index (χ0n) is 20.7. The molecule has 0 saturated carbocycles. The number of nitrogens with zero attached hydrogens (tertiary/aromatic N) is 2. The normalized spacial score (nSPS) is 17.1. The highest BCUT2D eigenvalue weighted by molar-refractivity contribution is 6.00. The van der Waals surface area contributed by atoms with Crippen molar-refractivity contribution in [3.05, 3.63) is 77.4 Å². The van der Waals surface area contributed by atoms with Gasteiger partial charge in [0.05, 0.1) is 53.1 Å². The maximum atomic E-state index is 14.7. The fraction of sp³-hybridized carbons (Fsp3) is 0.308. The number of ketones is 1.